The molecule has 1 aromatic rings. The van der Waals surface area contributed by atoms with Crippen molar-refractivity contribution in [2.75, 3.05) is 0 Å². The Labute approximate surface area is 93.8 Å². The summed E-state index contributed by atoms with van der Waals surface area (Å²) in [5, 5.41) is 4.44. The molecule has 1 fully saturated rings. The van der Waals surface area contributed by atoms with E-state index in [1.807, 2.05) is 17.9 Å². The highest BCUT2D eigenvalue weighted by Crippen LogP contribution is 2.37. The molecule has 0 amide bonds. The fourth-order valence-corrected chi connectivity index (χ4v) is 3.02. The van der Waals surface area contributed by atoms with Crippen LogP contribution in [0.25, 0.3) is 0 Å². The van der Waals surface area contributed by atoms with E-state index in [1.54, 1.807) is 0 Å². The average Bonchev–Trinajstić information content (AvgIpc) is 2.67. The second-order valence-corrected chi connectivity index (χ2v) is 5.57. The molecule has 3 unspecified atom stereocenters. The molecule has 1 heterocycles. The minimum Gasteiger partial charge on any atom is -0.276 e. The van der Waals surface area contributed by atoms with Gasteiger partial charge in [-0.3, -0.25) is 4.68 Å². The van der Waals surface area contributed by atoms with Gasteiger partial charge in [0.05, 0.1) is 5.69 Å². The maximum atomic E-state index is 4.44. The number of halogens is 1. The zero-order valence-electron chi connectivity index (χ0n) is 8.78. The van der Waals surface area contributed by atoms with Crippen molar-refractivity contribution in [1.82, 2.24) is 9.78 Å². The van der Waals surface area contributed by atoms with Gasteiger partial charge in [0.2, 0.25) is 0 Å². The zero-order chi connectivity index (χ0) is 10.1. The van der Waals surface area contributed by atoms with Gasteiger partial charge in [-0.1, -0.05) is 22.9 Å². The van der Waals surface area contributed by atoms with Gasteiger partial charge >= 0.3 is 0 Å². The van der Waals surface area contributed by atoms with Crippen molar-refractivity contribution >= 4 is 15.9 Å². The van der Waals surface area contributed by atoms with Gasteiger partial charge in [0.25, 0.3) is 0 Å². The molecular formula is C11H17BrN2. The SMILES string of the molecule is CC1C(Br)CCC1Cc1ccn(C)n1. The van der Waals surface area contributed by atoms with Crippen molar-refractivity contribution in [3.05, 3.63) is 18.0 Å². The van der Waals surface area contributed by atoms with Crippen molar-refractivity contribution < 1.29 is 0 Å². The lowest BCUT2D eigenvalue weighted by atomic mass is 9.93. The molecule has 3 heteroatoms. The molecule has 14 heavy (non-hydrogen) atoms. The molecule has 0 aromatic carbocycles. The third-order valence-corrected chi connectivity index (χ3v) is 4.66. The summed E-state index contributed by atoms with van der Waals surface area (Å²) >= 11 is 3.74. The number of nitrogens with zero attached hydrogens (tertiary/aromatic N) is 2. The molecule has 78 valence electrons. The van der Waals surface area contributed by atoms with Crippen molar-refractivity contribution in [2.24, 2.45) is 18.9 Å². The van der Waals surface area contributed by atoms with Gasteiger partial charge < -0.3 is 0 Å². The summed E-state index contributed by atoms with van der Waals surface area (Å²) in [5.41, 5.74) is 1.24. The van der Waals surface area contributed by atoms with Crippen LogP contribution in [0.5, 0.6) is 0 Å². The zero-order valence-corrected chi connectivity index (χ0v) is 10.4. The molecule has 0 N–H and O–H groups in total. The largest absolute Gasteiger partial charge is 0.276 e. The van der Waals surface area contributed by atoms with Crippen molar-refractivity contribution in [3.63, 3.8) is 0 Å². The lowest BCUT2D eigenvalue weighted by Crippen LogP contribution is -2.13. The van der Waals surface area contributed by atoms with E-state index in [9.17, 15) is 0 Å². The predicted molar refractivity (Wildman–Crippen MR) is 61.5 cm³/mol. The Morgan fingerprint density at radius 2 is 2.36 bits per heavy atom. The van der Waals surface area contributed by atoms with Crippen molar-refractivity contribution in [3.8, 4) is 0 Å². The lowest BCUT2D eigenvalue weighted by molar-refractivity contribution is 0.418. The summed E-state index contributed by atoms with van der Waals surface area (Å²) in [6.07, 6.45) is 5.83. The first-order valence-electron chi connectivity index (χ1n) is 5.29. The Morgan fingerprint density at radius 1 is 1.57 bits per heavy atom. The molecule has 0 bridgehead atoms. The van der Waals surface area contributed by atoms with Crippen LogP contribution in [-0.4, -0.2) is 14.6 Å². The van der Waals surface area contributed by atoms with Crippen LogP contribution in [-0.2, 0) is 13.5 Å². The van der Waals surface area contributed by atoms with Gasteiger partial charge in [-0.2, -0.15) is 5.10 Å². The molecule has 1 saturated carbocycles. The van der Waals surface area contributed by atoms with E-state index in [1.165, 1.54) is 18.5 Å². The number of aromatic nitrogens is 2. The predicted octanol–water partition coefficient (Wildman–Crippen LogP) is 2.77. The lowest BCUT2D eigenvalue weighted by Gasteiger charge is -2.15. The second-order valence-electron chi connectivity index (χ2n) is 4.40. The van der Waals surface area contributed by atoms with Gasteiger partial charge in [-0.15, -0.1) is 0 Å². The normalized spacial score (nSPS) is 32.4. The number of hydrogen-bond donors (Lipinski definition) is 0. The van der Waals surface area contributed by atoms with Crippen LogP contribution in [0.4, 0.5) is 0 Å². The molecule has 1 aliphatic rings. The van der Waals surface area contributed by atoms with Gasteiger partial charge in [-0.05, 0) is 37.2 Å². The summed E-state index contributed by atoms with van der Waals surface area (Å²) in [6, 6.07) is 2.13. The van der Waals surface area contributed by atoms with Gasteiger partial charge in [-0.25, -0.2) is 0 Å². The fraction of sp³-hybridized carbons (Fsp3) is 0.727. The topological polar surface area (TPSA) is 17.8 Å². The standard InChI is InChI=1S/C11H17BrN2/c1-8-9(3-4-11(8)12)7-10-5-6-14(2)13-10/h5-6,8-9,11H,3-4,7H2,1-2H3. The Morgan fingerprint density at radius 3 is 2.86 bits per heavy atom. The highest BCUT2D eigenvalue weighted by Gasteiger charge is 2.31. The summed E-state index contributed by atoms with van der Waals surface area (Å²) in [4.78, 5) is 0.719. The molecule has 3 atom stereocenters. The molecule has 0 aliphatic heterocycles. The van der Waals surface area contributed by atoms with Gasteiger partial charge in [0.1, 0.15) is 0 Å². The monoisotopic (exact) mass is 256 g/mol. The van der Waals surface area contributed by atoms with Crippen molar-refractivity contribution in [1.29, 1.82) is 0 Å². The fourth-order valence-electron chi connectivity index (χ4n) is 2.32. The maximum Gasteiger partial charge on any atom is 0.0627 e. The van der Waals surface area contributed by atoms with E-state index in [2.05, 4.69) is 34.0 Å². The van der Waals surface area contributed by atoms with Crippen LogP contribution >= 0.6 is 15.9 Å². The van der Waals surface area contributed by atoms with Crippen LogP contribution < -0.4 is 0 Å². The van der Waals surface area contributed by atoms with Gasteiger partial charge in [0.15, 0.2) is 0 Å². The smallest absolute Gasteiger partial charge is 0.0627 e. The molecule has 0 radical (unpaired) electrons. The first kappa shape index (κ1) is 10.2. The number of alkyl halides is 1. The highest BCUT2D eigenvalue weighted by atomic mass is 79.9. The quantitative estimate of drug-likeness (QED) is 0.745. The number of aryl methyl sites for hydroxylation is 1. The summed E-state index contributed by atoms with van der Waals surface area (Å²) < 4.78 is 1.89. The second kappa shape index (κ2) is 4.05. The summed E-state index contributed by atoms with van der Waals surface area (Å²) in [5.74, 6) is 1.60. The van der Waals surface area contributed by atoms with E-state index in [-0.39, 0.29) is 0 Å². The third kappa shape index (κ3) is 2.02. The Kier molecular flexibility index (Phi) is 2.96. The first-order chi connectivity index (χ1) is 6.66. The van der Waals surface area contributed by atoms with Gasteiger partial charge in [0, 0.05) is 18.1 Å². The van der Waals surface area contributed by atoms with E-state index < -0.39 is 0 Å². The molecular weight excluding hydrogens is 240 g/mol. The van der Waals surface area contributed by atoms with Crippen LogP contribution in [0.1, 0.15) is 25.5 Å². The maximum absolute atomic E-state index is 4.44. The highest BCUT2D eigenvalue weighted by molar-refractivity contribution is 9.09. The molecule has 2 nitrogen and oxygen atoms in total. The average molecular weight is 257 g/mol. The molecule has 1 aliphatic carbocycles. The van der Waals surface area contributed by atoms with Crippen molar-refractivity contribution in [2.45, 2.75) is 31.0 Å². The van der Waals surface area contributed by atoms with E-state index in [0.717, 1.165) is 23.1 Å². The molecule has 2 rings (SSSR count). The molecule has 0 spiro atoms. The number of hydrogen-bond acceptors (Lipinski definition) is 1. The Bertz CT molecular complexity index is 308. The Balaban J connectivity index is 1.98. The van der Waals surface area contributed by atoms with E-state index >= 15 is 0 Å². The van der Waals surface area contributed by atoms with E-state index in [4.69, 9.17) is 0 Å². The minimum absolute atomic E-state index is 0.719. The Hall–Kier alpha value is -0.310. The van der Waals surface area contributed by atoms with Crippen LogP contribution in [0.2, 0.25) is 0 Å². The summed E-state index contributed by atoms with van der Waals surface area (Å²) in [7, 11) is 1.98. The number of rotatable bonds is 2. The van der Waals surface area contributed by atoms with E-state index in [0.29, 0.717) is 0 Å². The molecule has 1 aromatic heterocycles. The third-order valence-electron chi connectivity index (χ3n) is 3.37. The molecule has 0 saturated heterocycles. The summed E-state index contributed by atoms with van der Waals surface area (Å²) in [6.45, 7) is 2.35. The van der Waals surface area contributed by atoms with Crippen LogP contribution in [0, 0.1) is 11.8 Å². The first-order valence-corrected chi connectivity index (χ1v) is 6.21. The van der Waals surface area contributed by atoms with Crippen LogP contribution in [0.3, 0.4) is 0 Å². The minimum atomic E-state index is 0.719. The van der Waals surface area contributed by atoms with Crippen LogP contribution in [0.15, 0.2) is 12.3 Å².